The highest BCUT2D eigenvalue weighted by molar-refractivity contribution is 8.23. The highest BCUT2D eigenvalue weighted by atomic mass is 32.2. The summed E-state index contributed by atoms with van der Waals surface area (Å²) < 4.78 is 1.05. The summed E-state index contributed by atoms with van der Waals surface area (Å²) in [7, 11) is 8.74. The van der Waals surface area contributed by atoms with Crippen LogP contribution in [0.5, 0.6) is 0 Å². The number of hydrogen-bond donors (Lipinski definition) is 0. The Morgan fingerprint density at radius 3 is 2.71 bits per heavy atom. The maximum Gasteiger partial charge on any atom is 0.136 e. The van der Waals surface area contributed by atoms with Gasteiger partial charge < -0.3 is 4.90 Å². The smallest absolute Gasteiger partial charge is 0.136 e. The summed E-state index contributed by atoms with van der Waals surface area (Å²) in [5.41, 5.74) is 0.224. The van der Waals surface area contributed by atoms with E-state index < -0.39 is 0 Å². The number of hydrogen-bond acceptors (Lipinski definition) is 2. The average Bonchev–Trinajstić information content (AvgIpc) is 2.43. The van der Waals surface area contributed by atoms with Gasteiger partial charge in [-0.2, -0.15) is 0 Å². The molecule has 3 atom stereocenters. The second-order valence-electron chi connectivity index (χ2n) is 6.50. The van der Waals surface area contributed by atoms with Gasteiger partial charge in [0.05, 0.1) is 7.85 Å². The highest BCUT2D eigenvalue weighted by Crippen LogP contribution is 2.54. The van der Waals surface area contributed by atoms with Crippen molar-refractivity contribution in [2.24, 2.45) is 5.41 Å². The zero-order chi connectivity index (χ0) is 12.8. The van der Waals surface area contributed by atoms with Crippen LogP contribution >= 0.6 is 24.0 Å². The minimum atomic E-state index is -0.0931. The monoisotopic (exact) mass is 267 g/mol. The van der Waals surface area contributed by atoms with Gasteiger partial charge in [-0.05, 0) is 24.7 Å². The largest absolute Gasteiger partial charge is 0.356 e. The molecule has 1 saturated heterocycles. The second kappa shape index (κ2) is 4.45. The Morgan fingerprint density at radius 1 is 1.41 bits per heavy atom. The van der Waals surface area contributed by atoms with E-state index in [0.29, 0.717) is 11.3 Å². The molecule has 0 spiro atoms. The molecular formula is C13H22BNS2. The minimum Gasteiger partial charge on any atom is -0.356 e. The first-order valence-corrected chi connectivity index (χ1v) is 7.76. The van der Waals surface area contributed by atoms with Crippen molar-refractivity contribution >= 4 is 36.1 Å². The van der Waals surface area contributed by atoms with Gasteiger partial charge in [0.2, 0.25) is 0 Å². The molecule has 2 radical (unpaired) electrons. The summed E-state index contributed by atoms with van der Waals surface area (Å²) in [5, 5.41) is 0.492. The standard InChI is InChI=1S/C13H22BNS2/c1-12(2)7-5-6-9-10(8-13(12,3)14)17-11(16)15(9)4/h9-10H,5-8H2,1-4H3/t9?,10?,13-/m0/s1. The van der Waals surface area contributed by atoms with E-state index in [1.54, 1.807) is 0 Å². The predicted molar refractivity (Wildman–Crippen MR) is 81.9 cm³/mol. The summed E-state index contributed by atoms with van der Waals surface area (Å²) in [6.45, 7) is 6.85. The van der Waals surface area contributed by atoms with Crippen LogP contribution in [0.3, 0.4) is 0 Å². The predicted octanol–water partition coefficient (Wildman–Crippen LogP) is 3.63. The Bertz CT molecular complexity index is 327. The van der Waals surface area contributed by atoms with Crippen LogP contribution in [0, 0.1) is 5.41 Å². The van der Waals surface area contributed by atoms with Gasteiger partial charge in [0.25, 0.3) is 0 Å². The molecule has 2 unspecified atom stereocenters. The van der Waals surface area contributed by atoms with Crippen molar-refractivity contribution in [3.05, 3.63) is 0 Å². The quantitative estimate of drug-likeness (QED) is 0.487. The van der Waals surface area contributed by atoms with Crippen LogP contribution in [0.4, 0.5) is 0 Å². The molecule has 94 valence electrons. The van der Waals surface area contributed by atoms with Crippen LogP contribution in [0.1, 0.15) is 46.5 Å². The molecule has 0 N–H and O–H groups in total. The Labute approximate surface area is 117 Å². The van der Waals surface area contributed by atoms with Crippen molar-refractivity contribution in [1.29, 1.82) is 0 Å². The minimum absolute atomic E-state index is 0.0931. The third-order valence-electron chi connectivity index (χ3n) is 4.94. The van der Waals surface area contributed by atoms with Crippen molar-refractivity contribution in [3.63, 3.8) is 0 Å². The molecule has 4 heteroatoms. The second-order valence-corrected chi connectivity index (χ2v) is 8.37. The lowest BCUT2D eigenvalue weighted by Crippen LogP contribution is -2.40. The van der Waals surface area contributed by atoms with Crippen LogP contribution in [-0.4, -0.2) is 35.4 Å². The normalized spacial score (nSPS) is 41.9. The number of thiocarbonyl (C=S) groups is 1. The van der Waals surface area contributed by atoms with Crippen LogP contribution in [0.25, 0.3) is 0 Å². The first kappa shape index (κ1) is 13.7. The lowest BCUT2D eigenvalue weighted by atomic mass is 9.50. The van der Waals surface area contributed by atoms with Crippen LogP contribution in [0.2, 0.25) is 5.31 Å². The Morgan fingerprint density at radius 2 is 2.06 bits per heavy atom. The van der Waals surface area contributed by atoms with Gasteiger partial charge in [-0.3, -0.25) is 0 Å². The van der Waals surface area contributed by atoms with Gasteiger partial charge >= 0.3 is 0 Å². The zero-order valence-corrected chi connectivity index (χ0v) is 13.0. The maximum absolute atomic E-state index is 6.60. The molecule has 1 nitrogen and oxygen atoms in total. The Balaban J connectivity index is 2.22. The summed E-state index contributed by atoms with van der Waals surface area (Å²) >= 11 is 7.29. The van der Waals surface area contributed by atoms with Crippen molar-refractivity contribution in [2.75, 3.05) is 7.05 Å². The van der Waals surface area contributed by atoms with E-state index in [9.17, 15) is 0 Å². The first-order valence-electron chi connectivity index (χ1n) is 6.47. The van der Waals surface area contributed by atoms with Crippen LogP contribution < -0.4 is 0 Å². The fourth-order valence-electron chi connectivity index (χ4n) is 2.97. The molecule has 2 rings (SSSR count). The third kappa shape index (κ3) is 2.40. The van der Waals surface area contributed by atoms with Crippen LogP contribution in [0.15, 0.2) is 0 Å². The van der Waals surface area contributed by atoms with E-state index in [0.717, 1.165) is 10.7 Å². The molecule has 2 fully saturated rings. The first-order chi connectivity index (χ1) is 7.74. The number of thioether (sulfide) groups is 1. The van der Waals surface area contributed by atoms with E-state index in [2.05, 4.69) is 32.7 Å². The summed E-state index contributed by atoms with van der Waals surface area (Å²) in [4.78, 5) is 2.29. The van der Waals surface area contributed by atoms with E-state index in [1.165, 1.54) is 19.3 Å². The Hall–Kier alpha value is 0.305. The maximum atomic E-state index is 6.60. The van der Waals surface area contributed by atoms with Gasteiger partial charge in [-0.25, -0.2) is 0 Å². The van der Waals surface area contributed by atoms with Gasteiger partial charge in [0.15, 0.2) is 0 Å². The zero-order valence-electron chi connectivity index (χ0n) is 11.3. The average molecular weight is 267 g/mol. The Kier molecular flexibility index (Phi) is 3.59. The molecule has 1 saturated carbocycles. The number of rotatable bonds is 0. The summed E-state index contributed by atoms with van der Waals surface area (Å²) in [6, 6.07) is 0.603. The van der Waals surface area contributed by atoms with Crippen LogP contribution in [-0.2, 0) is 0 Å². The molecule has 0 aromatic rings. The van der Waals surface area contributed by atoms with Gasteiger partial charge in [-0.15, -0.1) is 0 Å². The summed E-state index contributed by atoms with van der Waals surface area (Å²) in [6.07, 6.45) is 4.80. The van der Waals surface area contributed by atoms with Gasteiger partial charge in [0.1, 0.15) is 4.32 Å². The molecule has 0 bridgehead atoms. The van der Waals surface area contributed by atoms with E-state index in [-0.39, 0.29) is 10.7 Å². The van der Waals surface area contributed by atoms with E-state index in [4.69, 9.17) is 20.1 Å². The number of nitrogens with zero attached hydrogens (tertiary/aromatic N) is 1. The molecule has 1 aliphatic carbocycles. The van der Waals surface area contributed by atoms with E-state index >= 15 is 0 Å². The topological polar surface area (TPSA) is 3.24 Å². The van der Waals surface area contributed by atoms with E-state index in [1.807, 2.05) is 11.8 Å². The lowest BCUT2D eigenvalue weighted by molar-refractivity contribution is 0.172. The van der Waals surface area contributed by atoms with Gasteiger partial charge in [-0.1, -0.05) is 56.5 Å². The summed E-state index contributed by atoms with van der Waals surface area (Å²) in [5.74, 6) is 0. The molecule has 2 aliphatic rings. The third-order valence-corrected chi connectivity index (χ3v) is 6.79. The molecule has 1 heterocycles. The molecule has 0 amide bonds. The highest BCUT2D eigenvalue weighted by Gasteiger charge is 2.45. The fraction of sp³-hybridized carbons (Fsp3) is 0.923. The van der Waals surface area contributed by atoms with Crippen molar-refractivity contribution < 1.29 is 0 Å². The number of fused-ring (bicyclic) bond motifs is 1. The van der Waals surface area contributed by atoms with Gasteiger partial charge in [0, 0.05) is 18.3 Å². The van der Waals surface area contributed by atoms with Crippen molar-refractivity contribution in [2.45, 2.75) is 63.1 Å². The van der Waals surface area contributed by atoms with Crippen molar-refractivity contribution in [1.82, 2.24) is 4.90 Å². The molecule has 0 aromatic heterocycles. The lowest BCUT2D eigenvalue weighted by Gasteiger charge is -2.47. The SMILES string of the molecule is [B][C@@]1(C)CC2SC(=S)N(C)C2CCCC1(C)C. The molecule has 0 aromatic carbocycles. The molecule has 17 heavy (non-hydrogen) atoms. The molecule has 1 aliphatic heterocycles. The fourth-order valence-corrected chi connectivity index (χ4v) is 4.94. The van der Waals surface area contributed by atoms with Crippen molar-refractivity contribution in [3.8, 4) is 0 Å². The molecular weight excluding hydrogens is 245 g/mol.